The number of hydrogen-bond donors (Lipinski definition) is 1. The standard InChI is InChI=1S/C15H26N4O/c1-5-12-9-20-8-7-19(12)15-13(11(3)4)14(16-6-2)17-10-18-15/h10-12H,5-9H2,1-4H3,(H,16,17,18). The van der Waals surface area contributed by atoms with Crippen molar-refractivity contribution in [3.8, 4) is 0 Å². The summed E-state index contributed by atoms with van der Waals surface area (Å²) >= 11 is 0. The van der Waals surface area contributed by atoms with E-state index in [-0.39, 0.29) is 0 Å². The summed E-state index contributed by atoms with van der Waals surface area (Å²) < 4.78 is 5.60. The molecule has 1 aliphatic rings. The van der Waals surface area contributed by atoms with E-state index in [0.29, 0.717) is 12.0 Å². The zero-order chi connectivity index (χ0) is 14.5. The van der Waals surface area contributed by atoms with Gasteiger partial charge in [0.15, 0.2) is 0 Å². The predicted molar refractivity (Wildman–Crippen MR) is 82.5 cm³/mol. The molecule has 20 heavy (non-hydrogen) atoms. The van der Waals surface area contributed by atoms with E-state index in [0.717, 1.165) is 44.4 Å². The molecule has 0 spiro atoms. The molecule has 5 nitrogen and oxygen atoms in total. The molecule has 0 bridgehead atoms. The van der Waals surface area contributed by atoms with Gasteiger partial charge >= 0.3 is 0 Å². The van der Waals surface area contributed by atoms with Gasteiger partial charge in [-0.15, -0.1) is 0 Å². The lowest BCUT2D eigenvalue weighted by atomic mass is 10.0. The molecular weight excluding hydrogens is 252 g/mol. The molecule has 2 heterocycles. The number of nitrogens with zero attached hydrogens (tertiary/aromatic N) is 3. The van der Waals surface area contributed by atoms with Crippen molar-refractivity contribution in [3.63, 3.8) is 0 Å². The Morgan fingerprint density at radius 2 is 2.20 bits per heavy atom. The van der Waals surface area contributed by atoms with Crippen LogP contribution in [0, 0.1) is 0 Å². The second-order valence-corrected chi connectivity index (χ2v) is 5.47. The lowest BCUT2D eigenvalue weighted by molar-refractivity contribution is 0.0924. The minimum atomic E-state index is 0.389. The second kappa shape index (κ2) is 6.88. The van der Waals surface area contributed by atoms with Crippen molar-refractivity contribution in [2.24, 2.45) is 0 Å². The molecule has 112 valence electrons. The van der Waals surface area contributed by atoms with Gasteiger partial charge in [0.1, 0.15) is 18.0 Å². The van der Waals surface area contributed by atoms with Crippen LogP contribution in [-0.4, -0.2) is 42.3 Å². The van der Waals surface area contributed by atoms with Crippen LogP contribution in [-0.2, 0) is 4.74 Å². The highest BCUT2D eigenvalue weighted by molar-refractivity contribution is 5.61. The molecule has 0 aliphatic carbocycles. The summed E-state index contributed by atoms with van der Waals surface area (Å²) in [6.45, 7) is 12.0. The van der Waals surface area contributed by atoms with Crippen molar-refractivity contribution < 1.29 is 4.74 Å². The minimum absolute atomic E-state index is 0.389. The Morgan fingerprint density at radius 1 is 1.40 bits per heavy atom. The maximum absolute atomic E-state index is 5.60. The molecule has 1 fully saturated rings. The fraction of sp³-hybridized carbons (Fsp3) is 0.733. The molecule has 0 amide bonds. The van der Waals surface area contributed by atoms with Gasteiger partial charge in [-0.1, -0.05) is 20.8 Å². The van der Waals surface area contributed by atoms with E-state index in [1.165, 1.54) is 5.56 Å². The second-order valence-electron chi connectivity index (χ2n) is 5.47. The van der Waals surface area contributed by atoms with Gasteiger partial charge in [0, 0.05) is 18.7 Å². The van der Waals surface area contributed by atoms with E-state index in [1.807, 2.05) is 0 Å². The van der Waals surface area contributed by atoms with E-state index in [2.05, 4.69) is 47.9 Å². The normalized spacial score (nSPS) is 19.4. The van der Waals surface area contributed by atoms with Crippen LogP contribution in [0.2, 0.25) is 0 Å². The molecule has 0 radical (unpaired) electrons. The van der Waals surface area contributed by atoms with Crippen LogP contribution < -0.4 is 10.2 Å². The molecule has 1 aliphatic heterocycles. The van der Waals surface area contributed by atoms with Crippen molar-refractivity contribution in [2.75, 3.05) is 36.5 Å². The van der Waals surface area contributed by atoms with Crippen LogP contribution in [0.15, 0.2) is 6.33 Å². The molecule has 1 aromatic rings. The molecule has 2 rings (SSSR count). The summed E-state index contributed by atoms with van der Waals surface area (Å²) in [5.41, 5.74) is 1.22. The number of nitrogens with one attached hydrogen (secondary N) is 1. The zero-order valence-electron chi connectivity index (χ0n) is 13.0. The SMILES string of the molecule is CCNc1ncnc(N2CCOCC2CC)c1C(C)C. The van der Waals surface area contributed by atoms with Crippen molar-refractivity contribution in [1.82, 2.24) is 9.97 Å². The van der Waals surface area contributed by atoms with E-state index in [9.17, 15) is 0 Å². The Kier molecular flexibility index (Phi) is 5.17. The van der Waals surface area contributed by atoms with Crippen LogP contribution in [0.3, 0.4) is 0 Å². The Balaban J connectivity index is 2.41. The summed E-state index contributed by atoms with van der Waals surface area (Å²) in [6, 6.07) is 0.408. The first kappa shape index (κ1) is 15.0. The number of morpholine rings is 1. The Morgan fingerprint density at radius 3 is 2.85 bits per heavy atom. The van der Waals surface area contributed by atoms with Crippen molar-refractivity contribution in [3.05, 3.63) is 11.9 Å². The Labute approximate surface area is 121 Å². The quantitative estimate of drug-likeness (QED) is 0.897. The molecule has 0 aromatic carbocycles. The van der Waals surface area contributed by atoms with Crippen molar-refractivity contribution >= 4 is 11.6 Å². The highest BCUT2D eigenvalue weighted by Crippen LogP contribution is 2.32. The summed E-state index contributed by atoms with van der Waals surface area (Å²) in [6.07, 6.45) is 2.74. The molecule has 1 atom stereocenters. The number of rotatable bonds is 5. The predicted octanol–water partition coefficient (Wildman–Crippen LogP) is 2.65. The monoisotopic (exact) mass is 278 g/mol. The van der Waals surface area contributed by atoms with Crippen LogP contribution in [0.5, 0.6) is 0 Å². The topological polar surface area (TPSA) is 50.3 Å². The van der Waals surface area contributed by atoms with Crippen LogP contribution in [0.4, 0.5) is 11.6 Å². The largest absolute Gasteiger partial charge is 0.377 e. The van der Waals surface area contributed by atoms with E-state index in [4.69, 9.17) is 4.74 Å². The molecule has 1 saturated heterocycles. The fourth-order valence-electron chi connectivity index (χ4n) is 2.73. The van der Waals surface area contributed by atoms with Crippen molar-refractivity contribution in [2.45, 2.75) is 46.1 Å². The van der Waals surface area contributed by atoms with Gasteiger partial charge < -0.3 is 15.0 Å². The molecule has 1 unspecified atom stereocenters. The summed E-state index contributed by atoms with van der Waals surface area (Å²) in [4.78, 5) is 11.4. The lowest BCUT2D eigenvalue weighted by Gasteiger charge is -2.37. The Hall–Kier alpha value is -1.36. The maximum Gasteiger partial charge on any atom is 0.137 e. The van der Waals surface area contributed by atoms with Gasteiger partial charge in [-0.2, -0.15) is 0 Å². The third-order valence-corrected chi connectivity index (χ3v) is 3.76. The van der Waals surface area contributed by atoms with E-state index >= 15 is 0 Å². The summed E-state index contributed by atoms with van der Waals surface area (Å²) in [7, 11) is 0. The highest BCUT2D eigenvalue weighted by Gasteiger charge is 2.27. The Bertz CT molecular complexity index is 436. The van der Waals surface area contributed by atoms with Gasteiger partial charge in [0.2, 0.25) is 0 Å². The minimum Gasteiger partial charge on any atom is -0.377 e. The van der Waals surface area contributed by atoms with E-state index in [1.54, 1.807) is 6.33 Å². The van der Waals surface area contributed by atoms with Gasteiger partial charge in [0.25, 0.3) is 0 Å². The van der Waals surface area contributed by atoms with E-state index < -0.39 is 0 Å². The summed E-state index contributed by atoms with van der Waals surface area (Å²) in [5, 5.41) is 3.36. The molecule has 1 N–H and O–H groups in total. The van der Waals surface area contributed by atoms with Crippen molar-refractivity contribution in [1.29, 1.82) is 0 Å². The molecule has 0 saturated carbocycles. The van der Waals surface area contributed by atoms with Crippen LogP contribution in [0.25, 0.3) is 0 Å². The third-order valence-electron chi connectivity index (χ3n) is 3.76. The smallest absolute Gasteiger partial charge is 0.137 e. The van der Waals surface area contributed by atoms with Gasteiger partial charge in [-0.3, -0.25) is 0 Å². The maximum atomic E-state index is 5.60. The number of ether oxygens (including phenoxy) is 1. The number of aromatic nitrogens is 2. The van der Waals surface area contributed by atoms with Gasteiger partial charge in [-0.05, 0) is 19.3 Å². The first-order valence-corrected chi connectivity index (χ1v) is 7.62. The van der Waals surface area contributed by atoms with Crippen LogP contribution >= 0.6 is 0 Å². The number of anilines is 2. The first-order chi connectivity index (χ1) is 9.69. The molecular formula is C15H26N4O. The molecule has 5 heteroatoms. The first-order valence-electron chi connectivity index (χ1n) is 7.62. The summed E-state index contributed by atoms with van der Waals surface area (Å²) in [5.74, 6) is 2.43. The van der Waals surface area contributed by atoms with Gasteiger partial charge in [-0.25, -0.2) is 9.97 Å². The fourth-order valence-corrected chi connectivity index (χ4v) is 2.73. The van der Waals surface area contributed by atoms with Gasteiger partial charge in [0.05, 0.1) is 19.3 Å². The number of hydrogen-bond acceptors (Lipinski definition) is 5. The van der Waals surface area contributed by atoms with Crippen LogP contribution in [0.1, 0.15) is 45.6 Å². The average molecular weight is 278 g/mol. The average Bonchev–Trinajstić information content (AvgIpc) is 2.47. The third kappa shape index (κ3) is 3.03. The lowest BCUT2D eigenvalue weighted by Crippen LogP contribution is -2.46. The highest BCUT2D eigenvalue weighted by atomic mass is 16.5. The zero-order valence-corrected chi connectivity index (χ0v) is 13.0. The molecule has 1 aromatic heterocycles.